The van der Waals surface area contributed by atoms with E-state index in [9.17, 15) is 9.59 Å². The van der Waals surface area contributed by atoms with E-state index < -0.39 is 0 Å². The summed E-state index contributed by atoms with van der Waals surface area (Å²) < 4.78 is 1.92. The fraction of sp³-hybridized carbons (Fsp3) is 0.304. The van der Waals surface area contributed by atoms with Crippen molar-refractivity contribution in [3.05, 3.63) is 71.0 Å². The highest BCUT2D eigenvalue weighted by Crippen LogP contribution is 2.22. The highest BCUT2D eigenvalue weighted by molar-refractivity contribution is 7.99. The Bertz CT molecular complexity index is 1070. The smallest absolute Gasteiger partial charge is 0.251 e. The summed E-state index contributed by atoms with van der Waals surface area (Å²) in [4.78, 5) is 24.9. The monoisotopic (exact) mass is 437 g/mol. The minimum Gasteiger partial charge on any atom is -0.342 e. The summed E-state index contributed by atoms with van der Waals surface area (Å²) in [6.07, 6.45) is 0. The zero-order chi connectivity index (χ0) is 22.4. The van der Waals surface area contributed by atoms with Crippen LogP contribution in [0.4, 0.5) is 5.69 Å². The van der Waals surface area contributed by atoms with Gasteiger partial charge >= 0.3 is 0 Å². The molecule has 2 amide bonds. The van der Waals surface area contributed by atoms with Gasteiger partial charge in [0.15, 0.2) is 11.0 Å². The first kappa shape index (κ1) is 22.6. The Hall–Kier alpha value is -3.13. The number of aromatic nitrogens is 3. The van der Waals surface area contributed by atoms with Gasteiger partial charge in [0.2, 0.25) is 5.91 Å². The minimum absolute atomic E-state index is 0.101. The van der Waals surface area contributed by atoms with Crippen LogP contribution in [0.15, 0.2) is 53.7 Å². The molecule has 2 aromatic carbocycles. The number of benzene rings is 2. The molecule has 1 atom stereocenters. The van der Waals surface area contributed by atoms with Crippen molar-refractivity contribution in [3.8, 4) is 0 Å². The molecule has 7 nitrogen and oxygen atoms in total. The number of amides is 2. The van der Waals surface area contributed by atoms with Gasteiger partial charge in [0.05, 0.1) is 11.8 Å². The van der Waals surface area contributed by atoms with E-state index in [0.29, 0.717) is 23.1 Å². The van der Waals surface area contributed by atoms with Crippen molar-refractivity contribution in [1.29, 1.82) is 0 Å². The highest BCUT2D eigenvalue weighted by Gasteiger charge is 2.20. The van der Waals surface area contributed by atoms with Crippen molar-refractivity contribution in [3.63, 3.8) is 0 Å². The van der Waals surface area contributed by atoms with Crippen molar-refractivity contribution < 1.29 is 9.59 Å². The molecule has 3 rings (SSSR count). The number of carbonyl (C=O) groups is 2. The lowest BCUT2D eigenvalue weighted by molar-refractivity contribution is -0.113. The van der Waals surface area contributed by atoms with Gasteiger partial charge in [-0.05, 0) is 57.0 Å². The third-order valence-electron chi connectivity index (χ3n) is 4.83. The Kier molecular flexibility index (Phi) is 7.46. The van der Waals surface area contributed by atoms with E-state index in [2.05, 4.69) is 20.8 Å². The molecule has 0 unspecified atom stereocenters. The molecule has 31 heavy (non-hydrogen) atoms. The number of hydrogen-bond acceptors (Lipinski definition) is 5. The highest BCUT2D eigenvalue weighted by atomic mass is 32.2. The summed E-state index contributed by atoms with van der Waals surface area (Å²) in [6, 6.07) is 14.7. The molecular weight excluding hydrogens is 410 g/mol. The van der Waals surface area contributed by atoms with Gasteiger partial charge in [0.25, 0.3) is 5.91 Å². The summed E-state index contributed by atoms with van der Waals surface area (Å²) in [5.74, 6) is 0.609. The summed E-state index contributed by atoms with van der Waals surface area (Å²) >= 11 is 1.33. The Morgan fingerprint density at radius 3 is 2.55 bits per heavy atom. The first-order valence-corrected chi connectivity index (χ1v) is 11.2. The van der Waals surface area contributed by atoms with E-state index >= 15 is 0 Å². The van der Waals surface area contributed by atoms with Gasteiger partial charge in [-0.25, -0.2) is 0 Å². The fourth-order valence-corrected chi connectivity index (χ4v) is 3.95. The van der Waals surface area contributed by atoms with Crippen LogP contribution >= 0.6 is 11.8 Å². The molecule has 0 aliphatic carbocycles. The fourth-order valence-electron chi connectivity index (χ4n) is 3.15. The molecule has 1 aromatic heterocycles. The molecule has 0 saturated carbocycles. The number of nitrogens with zero attached hydrogens (tertiary/aromatic N) is 3. The van der Waals surface area contributed by atoms with Crippen LogP contribution in [0.5, 0.6) is 0 Å². The maximum atomic E-state index is 12.4. The molecule has 0 radical (unpaired) electrons. The second-order valence-electron chi connectivity index (χ2n) is 7.30. The number of hydrogen-bond donors (Lipinski definition) is 2. The van der Waals surface area contributed by atoms with Gasteiger partial charge in [0.1, 0.15) is 0 Å². The lowest BCUT2D eigenvalue weighted by atomic mass is 10.1. The number of thioether (sulfide) groups is 1. The first-order chi connectivity index (χ1) is 14.9. The van der Waals surface area contributed by atoms with Crippen molar-refractivity contribution in [2.75, 3.05) is 11.1 Å². The molecule has 0 saturated heterocycles. The second-order valence-corrected chi connectivity index (χ2v) is 8.24. The van der Waals surface area contributed by atoms with Crippen LogP contribution < -0.4 is 10.6 Å². The predicted octanol–water partition coefficient (Wildman–Crippen LogP) is 4.14. The Labute approximate surface area is 186 Å². The zero-order valence-corrected chi connectivity index (χ0v) is 19.0. The largest absolute Gasteiger partial charge is 0.342 e. The molecule has 0 bridgehead atoms. The quantitative estimate of drug-likeness (QED) is 0.517. The molecule has 0 fully saturated rings. The van der Waals surface area contributed by atoms with Crippen LogP contribution in [0.3, 0.4) is 0 Å². The van der Waals surface area contributed by atoms with Crippen LogP contribution in [0.1, 0.15) is 47.2 Å². The standard InChI is InChI=1S/C23H27N5O2S/c1-5-28-21(17(4)24-22(30)18-9-7-6-8-10-18)26-27-23(28)31-14-20(29)25-19-13-15(2)11-12-16(19)3/h6-13,17H,5,14H2,1-4H3,(H,24,30)(H,25,29)/t17-/m1/s1. The summed E-state index contributed by atoms with van der Waals surface area (Å²) in [6.45, 7) is 8.45. The van der Waals surface area contributed by atoms with E-state index in [1.165, 1.54) is 11.8 Å². The van der Waals surface area contributed by atoms with E-state index in [0.717, 1.165) is 16.8 Å². The number of nitrogens with one attached hydrogen (secondary N) is 2. The molecule has 0 aliphatic rings. The second kappa shape index (κ2) is 10.3. The number of carbonyl (C=O) groups excluding carboxylic acids is 2. The predicted molar refractivity (Wildman–Crippen MR) is 123 cm³/mol. The van der Waals surface area contributed by atoms with Gasteiger partial charge in [-0.2, -0.15) is 0 Å². The Morgan fingerprint density at radius 1 is 1.10 bits per heavy atom. The van der Waals surface area contributed by atoms with E-state index in [4.69, 9.17) is 0 Å². The lowest BCUT2D eigenvalue weighted by Gasteiger charge is -2.15. The number of rotatable bonds is 8. The maximum absolute atomic E-state index is 12.4. The van der Waals surface area contributed by atoms with Crippen LogP contribution in [-0.2, 0) is 11.3 Å². The van der Waals surface area contributed by atoms with Crippen molar-refractivity contribution in [2.24, 2.45) is 0 Å². The minimum atomic E-state index is -0.321. The van der Waals surface area contributed by atoms with Crippen molar-refractivity contribution >= 4 is 29.3 Å². The third kappa shape index (κ3) is 5.73. The van der Waals surface area contributed by atoms with E-state index in [1.807, 2.05) is 68.7 Å². The Balaban J connectivity index is 1.63. The van der Waals surface area contributed by atoms with Gasteiger partial charge in [-0.1, -0.05) is 42.1 Å². The SMILES string of the molecule is CCn1c(SCC(=O)Nc2cc(C)ccc2C)nnc1[C@@H](C)NC(=O)c1ccccc1. The van der Waals surface area contributed by atoms with Crippen LogP contribution in [0, 0.1) is 13.8 Å². The van der Waals surface area contributed by atoms with Crippen LogP contribution in [-0.4, -0.2) is 32.3 Å². The average Bonchev–Trinajstić information content (AvgIpc) is 3.18. The molecule has 8 heteroatoms. The van der Waals surface area contributed by atoms with Crippen LogP contribution in [0.2, 0.25) is 0 Å². The third-order valence-corrected chi connectivity index (χ3v) is 5.80. The van der Waals surface area contributed by atoms with Gasteiger partial charge in [-0.15, -0.1) is 10.2 Å². The van der Waals surface area contributed by atoms with Crippen molar-refractivity contribution in [1.82, 2.24) is 20.1 Å². The lowest BCUT2D eigenvalue weighted by Crippen LogP contribution is -2.28. The van der Waals surface area contributed by atoms with E-state index in [-0.39, 0.29) is 23.6 Å². The summed E-state index contributed by atoms with van der Waals surface area (Å²) in [5, 5.41) is 15.1. The van der Waals surface area contributed by atoms with Gasteiger partial charge < -0.3 is 15.2 Å². The van der Waals surface area contributed by atoms with Crippen LogP contribution in [0.25, 0.3) is 0 Å². The maximum Gasteiger partial charge on any atom is 0.251 e. The average molecular weight is 438 g/mol. The normalized spacial score (nSPS) is 11.7. The summed E-state index contributed by atoms with van der Waals surface area (Å²) in [7, 11) is 0. The molecule has 0 spiro atoms. The number of aryl methyl sites for hydroxylation is 2. The Morgan fingerprint density at radius 2 is 1.84 bits per heavy atom. The van der Waals surface area contributed by atoms with E-state index in [1.54, 1.807) is 12.1 Å². The first-order valence-electron chi connectivity index (χ1n) is 10.2. The summed E-state index contributed by atoms with van der Waals surface area (Å²) in [5.41, 5.74) is 3.52. The molecule has 2 N–H and O–H groups in total. The molecule has 162 valence electrons. The molecule has 3 aromatic rings. The number of anilines is 1. The zero-order valence-electron chi connectivity index (χ0n) is 18.2. The molecule has 1 heterocycles. The molecule has 0 aliphatic heterocycles. The topological polar surface area (TPSA) is 88.9 Å². The van der Waals surface area contributed by atoms with Gasteiger partial charge in [0, 0.05) is 17.8 Å². The van der Waals surface area contributed by atoms with Gasteiger partial charge in [-0.3, -0.25) is 9.59 Å². The van der Waals surface area contributed by atoms with Crippen molar-refractivity contribution in [2.45, 2.75) is 45.4 Å². The molecular formula is C23H27N5O2S.